The summed E-state index contributed by atoms with van der Waals surface area (Å²) in [4.78, 5) is 10.1. The summed E-state index contributed by atoms with van der Waals surface area (Å²) in [5.74, 6) is 0. The van der Waals surface area contributed by atoms with Crippen molar-refractivity contribution in [2.24, 2.45) is 0 Å². The first-order chi connectivity index (χ1) is 6.63. The van der Waals surface area contributed by atoms with E-state index in [0.29, 0.717) is 5.69 Å². The predicted octanol–water partition coefficient (Wildman–Crippen LogP) is 0.881. The van der Waals surface area contributed by atoms with E-state index in [9.17, 15) is 0 Å². The summed E-state index contributed by atoms with van der Waals surface area (Å²) >= 11 is 4.39. The molecule has 0 bridgehead atoms. The van der Waals surface area contributed by atoms with E-state index in [2.05, 4.69) is 22.6 Å². The third kappa shape index (κ3) is 2.98. The van der Waals surface area contributed by atoms with Gasteiger partial charge in [0.25, 0.3) is 0 Å². The monoisotopic (exact) mass is 208 g/mol. The molecule has 0 spiro atoms. The molecule has 14 heavy (non-hydrogen) atoms. The SMILES string of the molecule is CN(C)CC(S)c1cncc(C#N)n1. The fourth-order valence-electron chi connectivity index (χ4n) is 1.03. The molecule has 0 saturated carbocycles. The first-order valence-corrected chi connectivity index (χ1v) is 4.70. The lowest BCUT2D eigenvalue weighted by atomic mass is 10.3. The largest absolute Gasteiger partial charge is 0.308 e. The van der Waals surface area contributed by atoms with Gasteiger partial charge in [-0.2, -0.15) is 17.9 Å². The van der Waals surface area contributed by atoms with Crippen LogP contribution in [0.4, 0.5) is 0 Å². The molecular weight excluding hydrogens is 196 g/mol. The van der Waals surface area contributed by atoms with Crippen LogP contribution in [0.5, 0.6) is 0 Å². The van der Waals surface area contributed by atoms with Crippen LogP contribution in [0.1, 0.15) is 16.6 Å². The van der Waals surface area contributed by atoms with Crippen molar-refractivity contribution in [1.82, 2.24) is 14.9 Å². The Morgan fingerprint density at radius 1 is 1.57 bits per heavy atom. The summed E-state index contributed by atoms with van der Waals surface area (Å²) in [6.07, 6.45) is 3.08. The molecule has 0 aliphatic rings. The second-order valence-corrected chi connectivity index (χ2v) is 3.84. The molecule has 0 aliphatic heterocycles. The first kappa shape index (κ1) is 11.0. The molecule has 0 aliphatic carbocycles. The fourth-order valence-corrected chi connectivity index (χ4v) is 1.49. The van der Waals surface area contributed by atoms with E-state index in [1.807, 2.05) is 25.1 Å². The minimum atomic E-state index is -0.00852. The zero-order chi connectivity index (χ0) is 10.6. The van der Waals surface area contributed by atoms with Gasteiger partial charge in [-0.15, -0.1) is 0 Å². The highest BCUT2D eigenvalue weighted by Crippen LogP contribution is 2.17. The van der Waals surface area contributed by atoms with Gasteiger partial charge in [0.2, 0.25) is 0 Å². The summed E-state index contributed by atoms with van der Waals surface area (Å²) in [6.45, 7) is 0.771. The van der Waals surface area contributed by atoms with Crippen molar-refractivity contribution in [2.45, 2.75) is 5.25 Å². The molecule has 0 radical (unpaired) electrons. The number of likely N-dealkylation sites (N-methyl/N-ethyl adjacent to an activating group) is 1. The van der Waals surface area contributed by atoms with E-state index in [-0.39, 0.29) is 5.25 Å². The van der Waals surface area contributed by atoms with Gasteiger partial charge in [-0.05, 0) is 14.1 Å². The van der Waals surface area contributed by atoms with Gasteiger partial charge in [0, 0.05) is 12.7 Å². The Bertz CT molecular complexity index is 345. The normalized spacial score (nSPS) is 12.5. The molecule has 74 valence electrons. The Balaban J connectivity index is 2.80. The Hall–Kier alpha value is -1.12. The Morgan fingerprint density at radius 3 is 2.86 bits per heavy atom. The van der Waals surface area contributed by atoms with Crippen LogP contribution in [-0.4, -0.2) is 35.5 Å². The van der Waals surface area contributed by atoms with Crippen molar-refractivity contribution in [3.8, 4) is 6.07 Å². The summed E-state index contributed by atoms with van der Waals surface area (Å²) in [5, 5.41) is 8.63. The van der Waals surface area contributed by atoms with E-state index in [1.54, 1.807) is 6.20 Å². The van der Waals surface area contributed by atoms with Crippen LogP contribution in [0.25, 0.3) is 0 Å². The highest BCUT2D eigenvalue weighted by molar-refractivity contribution is 7.80. The quantitative estimate of drug-likeness (QED) is 0.749. The number of hydrogen-bond acceptors (Lipinski definition) is 5. The van der Waals surface area contributed by atoms with Gasteiger partial charge in [0.1, 0.15) is 6.07 Å². The molecular formula is C9H12N4S. The fraction of sp³-hybridized carbons (Fsp3) is 0.444. The molecule has 0 N–H and O–H groups in total. The van der Waals surface area contributed by atoms with Crippen molar-refractivity contribution < 1.29 is 0 Å². The van der Waals surface area contributed by atoms with Crippen molar-refractivity contribution in [3.63, 3.8) is 0 Å². The zero-order valence-corrected chi connectivity index (χ0v) is 9.07. The minimum absolute atomic E-state index is 0.00852. The third-order valence-electron chi connectivity index (χ3n) is 1.65. The lowest BCUT2D eigenvalue weighted by Crippen LogP contribution is -2.18. The minimum Gasteiger partial charge on any atom is -0.308 e. The average Bonchev–Trinajstić information content (AvgIpc) is 2.17. The third-order valence-corrected chi connectivity index (χ3v) is 2.08. The molecule has 0 aromatic carbocycles. The average molecular weight is 208 g/mol. The van der Waals surface area contributed by atoms with E-state index in [0.717, 1.165) is 12.2 Å². The number of thiol groups is 1. The van der Waals surface area contributed by atoms with Crippen molar-refractivity contribution in [3.05, 3.63) is 23.8 Å². The molecule has 0 amide bonds. The lowest BCUT2D eigenvalue weighted by Gasteiger charge is -2.15. The number of hydrogen-bond donors (Lipinski definition) is 1. The van der Waals surface area contributed by atoms with Crippen molar-refractivity contribution in [2.75, 3.05) is 20.6 Å². The maximum absolute atomic E-state index is 8.64. The Kier molecular flexibility index (Phi) is 3.86. The maximum Gasteiger partial charge on any atom is 0.159 e. The smallest absolute Gasteiger partial charge is 0.159 e. The van der Waals surface area contributed by atoms with Crippen LogP contribution >= 0.6 is 12.6 Å². The van der Waals surface area contributed by atoms with Crippen LogP contribution in [0.15, 0.2) is 12.4 Å². The van der Waals surface area contributed by atoms with Crippen LogP contribution in [0.3, 0.4) is 0 Å². The molecule has 1 aromatic rings. The Labute approximate surface area is 89.0 Å². The van der Waals surface area contributed by atoms with Crippen LogP contribution < -0.4 is 0 Å². The number of nitrogens with zero attached hydrogens (tertiary/aromatic N) is 4. The van der Waals surface area contributed by atoms with Crippen molar-refractivity contribution in [1.29, 1.82) is 5.26 Å². The highest BCUT2D eigenvalue weighted by atomic mass is 32.1. The van der Waals surface area contributed by atoms with E-state index in [1.165, 1.54) is 6.20 Å². The van der Waals surface area contributed by atoms with Crippen molar-refractivity contribution >= 4 is 12.6 Å². The summed E-state index contributed by atoms with van der Waals surface area (Å²) in [5.41, 5.74) is 1.07. The molecule has 1 unspecified atom stereocenters. The molecule has 1 heterocycles. The van der Waals surface area contributed by atoms with Gasteiger partial charge < -0.3 is 4.90 Å². The summed E-state index contributed by atoms with van der Waals surface area (Å²) in [6, 6.07) is 1.95. The maximum atomic E-state index is 8.64. The lowest BCUT2D eigenvalue weighted by molar-refractivity contribution is 0.408. The van der Waals surface area contributed by atoms with Gasteiger partial charge in [-0.25, -0.2) is 4.98 Å². The number of aromatic nitrogens is 2. The standard InChI is InChI=1S/C9H12N4S/c1-13(2)6-9(14)8-5-11-4-7(3-10)12-8/h4-5,9,14H,6H2,1-2H3. The molecule has 4 nitrogen and oxygen atoms in total. The first-order valence-electron chi connectivity index (χ1n) is 4.18. The van der Waals surface area contributed by atoms with E-state index in [4.69, 9.17) is 5.26 Å². The zero-order valence-electron chi connectivity index (χ0n) is 8.18. The van der Waals surface area contributed by atoms with E-state index < -0.39 is 0 Å². The molecule has 1 atom stereocenters. The highest BCUT2D eigenvalue weighted by Gasteiger charge is 2.09. The molecule has 0 fully saturated rings. The predicted molar refractivity (Wildman–Crippen MR) is 57.0 cm³/mol. The number of rotatable bonds is 3. The summed E-state index contributed by atoms with van der Waals surface area (Å²) in [7, 11) is 3.93. The molecule has 0 saturated heterocycles. The van der Waals surface area contributed by atoms with Gasteiger partial charge in [0.05, 0.1) is 17.1 Å². The second kappa shape index (κ2) is 4.94. The number of nitriles is 1. The van der Waals surface area contributed by atoms with Gasteiger partial charge in [0.15, 0.2) is 5.69 Å². The summed E-state index contributed by atoms with van der Waals surface area (Å²) < 4.78 is 0. The van der Waals surface area contributed by atoms with Crippen LogP contribution in [0.2, 0.25) is 0 Å². The second-order valence-electron chi connectivity index (χ2n) is 3.22. The van der Waals surface area contributed by atoms with Crippen LogP contribution in [-0.2, 0) is 0 Å². The molecule has 1 aromatic heterocycles. The topological polar surface area (TPSA) is 52.8 Å². The van der Waals surface area contributed by atoms with E-state index >= 15 is 0 Å². The Morgan fingerprint density at radius 2 is 2.29 bits per heavy atom. The van der Waals surface area contributed by atoms with Gasteiger partial charge in [-0.3, -0.25) is 4.98 Å². The van der Waals surface area contributed by atoms with Gasteiger partial charge in [-0.1, -0.05) is 0 Å². The molecule has 1 rings (SSSR count). The van der Waals surface area contributed by atoms with Crippen LogP contribution in [0, 0.1) is 11.3 Å². The van der Waals surface area contributed by atoms with Gasteiger partial charge >= 0.3 is 0 Å². The molecule has 5 heteroatoms.